The Morgan fingerprint density at radius 3 is 2.58 bits per heavy atom. The quantitative estimate of drug-likeness (QED) is 0.694. The summed E-state index contributed by atoms with van der Waals surface area (Å²) in [5.41, 5.74) is 0. The first kappa shape index (κ1) is 20.5. The van der Waals surface area contributed by atoms with Crippen LogP contribution in [-0.2, 0) is 14.6 Å². The van der Waals surface area contributed by atoms with Crippen molar-refractivity contribution in [3.63, 3.8) is 0 Å². The molecule has 1 aromatic rings. The standard InChI is InChI=1S/C18H28N2O5S/c1-4-10-20(14-7-9-19-13-14)18(21)8-11-26(22,23)15-5-6-16(24-2)17(12-15)25-3/h5-6,12,14,19H,4,7-11,13H2,1-3H3. The van der Waals surface area contributed by atoms with Gasteiger partial charge in [0.1, 0.15) is 0 Å². The molecule has 146 valence electrons. The van der Waals surface area contributed by atoms with Crippen LogP contribution in [0.5, 0.6) is 11.5 Å². The fourth-order valence-corrected chi connectivity index (χ4v) is 4.39. The second-order valence-corrected chi connectivity index (χ2v) is 8.43. The largest absolute Gasteiger partial charge is 0.493 e. The number of benzene rings is 1. The molecule has 2 rings (SSSR count). The van der Waals surface area contributed by atoms with Crippen molar-refractivity contribution >= 4 is 15.7 Å². The Balaban J connectivity index is 2.07. The Labute approximate surface area is 155 Å². The van der Waals surface area contributed by atoms with Crippen LogP contribution in [0.15, 0.2) is 23.1 Å². The van der Waals surface area contributed by atoms with Crippen LogP contribution in [0.25, 0.3) is 0 Å². The molecule has 1 atom stereocenters. The van der Waals surface area contributed by atoms with Gasteiger partial charge in [0, 0.05) is 31.6 Å². The third kappa shape index (κ3) is 4.88. The van der Waals surface area contributed by atoms with Crippen LogP contribution < -0.4 is 14.8 Å². The van der Waals surface area contributed by atoms with E-state index >= 15 is 0 Å². The molecule has 7 nitrogen and oxygen atoms in total. The van der Waals surface area contributed by atoms with Gasteiger partial charge in [0.25, 0.3) is 0 Å². The van der Waals surface area contributed by atoms with Crippen molar-refractivity contribution in [1.82, 2.24) is 10.2 Å². The number of methoxy groups -OCH3 is 2. The molecule has 0 saturated carbocycles. The summed E-state index contributed by atoms with van der Waals surface area (Å²) in [6.45, 7) is 4.33. The van der Waals surface area contributed by atoms with Gasteiger partial charge in [-0.3, -0.25) is 4.79 Å². The lowest BCUT2D eigenvalue weighted by Crippen LogP contribution is -2.42. The Kier molecular flexibility index (Phi) is 7.28. The summed E-state index contributed by atoms with van der Waals surface area (Å²) in [7, 11) is -0.638. The van der Waals surface area contributed by atoms with Crippen LogP contribution >= 0.6 is 0 Å². The minimum absolute atomic E-state index is 0.0207. The lowest BCUT2D eigenvalue weighted by atomic mass is 10.2. The number of carbonyl (C=O) groups is 1. The molecule has 1 heterocycles. The highest BCUT2D eigenvalue weighted by Crippen LogP contribution is 2.30. The number of ether oxygens (including phenoxy) is 2. The third-order valence-electron chi connectivity index (χ3n) is 4.56. The van der Waals surface area contributed by atoms with Crippen LogP contribution in [-0.4, -0.2) is 64.9 Å². The van der Waals surface area contributed by atoms with E-state index in [-0.39, 0.29) is 29.0 Å². The van der Waals surface area contributed by atoms with E-state index in [4.69, 9.17) is 9.47 Å². The zero-order valence-corrected chi connectivity index (χ0v) is 16.5. The number of nitrogens with one attached hydrogen (secondary N) is 1. The molecule has 1 fully saturated rings. The number of rotatable bonds is 9. The van der Waals surface area contributed by atoms with Gasteiger partial charge in [-0.15, -0.1) is 0 Å². The molecule has 1 N–H and O–H groups in total. The molecule has 1 saturated heterocycles. The molecule has 0 aliphatic carbocycles. The number of hydrogen-bond donors (Lipinski definition) is 1. The Morgan fingerprint density at radius 1 is 1.27 bits per heavy atom. The fraction of sp³-hybridized carbons (Fsp3) is 0.611. The first-order valence-electron chi connectivity index (χ1n) is 8.88. The van der Waals surface area contributed by atoms with Gasteiger partial charge in [0.05, 0.1) is 24.9 Å². The minimum atomic E-state index is -3.58. The Morgan fingerprint density at radius 2 is 2.00 bits per heavy atom. The van der Waals surface area contributed by atoms with Crippen LogP contribution in [0.4, 0.5) is 0 Å². The van der Waals surface area contributed by atoms with Gasteiger partial charge in [-0.1, -0.05) is 6.92 Å². The highest BCUT2D eigenvalue weighted by molar-refractivity contribution is 7.91. The molecule has 1 unspecified atom stereocenters. The predicted molar refractivity (Wildman–Crippen MR) is 99.5 cm³/mol. The second-order valence-electron chi connectivity index (χ2n) is 6.32. The average molecular weight is 384 g/mol. The maximum atomic E-state index is 12.6. The van der Waals surface area contributed by atoms with E-state index in [0.29, 0.717) is 18.0 Å². The van der Waals surface area contributed by atoms with Crippen LogP contribution in [0.1, 0.15) is 26.2 Å². The van der Waals surface area contributed by atoms with Gasteiger partial charge < -0.3 is 19.7 Å². The van der Waals surface area contributed by atoms with Crippen molar-refractivity contribution in [2.24, 2.45) is 0 Å². The monoisotopic (exact) mass is 384 g/mol. The summed E-state index contributed by atoms with van der Waals surface area (Å²) in [5, 5.41) is 3.25. The average Bonchev–Trinajstić information content (AvgIpc) is 3.17. The van der Waals surface area contributed by atoms with Gasteiger partial charge in [0.15, 0.2) is 21.3 Å². The van der Waals surface area contributed by atoms with E-state index in [9.17, 15) is 13.2 Å². The topological polar surface area (TPSA) is 84.9 Å². The van der Waals surface area contributed by atoms with E-state index in [2.05, 4.69) is 5.32 Å². The van der Waals surface area contributed by atoms with Gasteiger partial charge in [-0.05, 0) is 31.5 Å². The summed E-state index contributed by atoms with van der Waals surface area (Å²) < 4.78 is 35.5. The molecular formula is C18H28N2O5S. The fourth-order valence-electron chi connectivity index (χ4n) is 3.15. The number of sulfone groups is 1. The summed E-state index contributed by atoms with van der Waals surface area (Å²) in [6.07, 6.45) is 1.74. The van der Waals surface area contributed by atoms with Crippen molar-refractivity contribution in [3.05, 3.63) is 18.2 Å². The minimum Gasteiger partial charge on any atom is -0.493 e. The van der Waals surface area contributed by atoms with E-state index in [1.54, 1.807) is 6.07 Å². The van der Waals surface area contributed by atoms with E-state index in [0.717, 1.165) is 25.9 Å². The third-order valence-corrected chi connectivity index (χ3v) is 6.27. The number of carbonyl (C=O) groups excluding carboxylic acids is 1. The van der Waals surface area contributed by atoms with E-state index < -0.39 is 9.84 Å². The SMILES string of the molecule is CCCN(C(=O)CCS(=O)(=O)c1ccc(OC)c(OC)c1)C1CCNC1. The highest BCUT2D eigenvalue weighted by Gasteiger charge is 2.27. The van der Waals surface area contributed by atoms with Gasteiger partial charge in [-0.2, -0.15) is 0 Å². The maximum absolute atomic E-state index is 12.6. The van der Waals surface area contributed by atoms with Crippen molar-refractivity contribution in [1.29, 1.82) is 0 Å². The first-order chi connectivity index (χ1) is 12.4. The molecule has 0 radical (unpaired) electrons. The van der Waals surface area contributed by atoms with E-state index in [1.807, 2.05) is 11.8 Å². The van der Waals surface area contributed by atoms with Crippen molar-refractivity contribution in [3.8, 4) is 11.5 Å². The highest BCUT2D eigenvalue weighted by atomic mass is 32.2. The Hall–Kier alpha value is -1.80. The van der Waals surface area contributed by atoms with Crippen LogP contribution in [0.3, 0.4) is 0 Å². The lowest BCUT2D eigenvalue weighted by Gasteiger charge is -2.28. The predicted octanol–water partition coefficient (Wildman–Crippen LogP) is 1.47. The smallest absolute Gasteiger partial charge is 0.223 e. The number of amides is 1. The molecule has 8 heteroatoms. The van der Waals surface area contributed by atoms with Crippen molar-refractivity contribution in [2.75, 3.05) is 39.6 Å². The van der Waals surface area contributed by atoms with Crippen molar-refractivity contribution < 1.29 is 22.7 Å². The normalized spacial score (nSPS) is 17.1. The molecular weight excluding hydrogens is 356 g/mol. The van der Waals surface area contributed by atoms with Crippen LogP contribution in [0, 0.1) is 0 Å². The molecule has 0 spiro atoms. The summed E-state index contributed by atoms with van der Waals surface area (Å²) in [5.74, 6) is 0.487. The molecule has 26 heavy (non-hydrogen) atoms. The zero-order valence-electron chi connectivity index (χ0n) is 15.7. The lowest BCUT2D eigenvalue weighted by molar-refractivity contribution is -0.132. The van der Waals surface area contributed by atoms with Gasteiger partial charge >= 0.3 is 0 Å². The molecule has 0 aromatic heterocycles. The van der Waals surface area contributed by atoms with E-state index in [1.165, 1.54) is 26.4 Å². The zero-order chi connectivity index (χ0) is 19.2. The second kappa shape index (κ2) is 9.23. The summed E-state index contributed by atoms with van der Waals surface area (Å²) in [4.78, 5) is 14.6. The summed E-state index contributed by atoms with van der Waals surface area (Å²) >= 11 is 0. The number of hydrogen-bond acceptors (Lipinski definition) is 6. The molecule has 1 aromatic carbocycles. The van der Waals surface area contributed by atoms with Crippen molar-refractivity contribution in [2.45, 2.75) is 37.1 Å². The molecule has 1 aliphatic heterocycles. The number of nitrogens with zero attached hydrogens (tertiary/aromatic N) is 1. The van der Waals surface area contributed by atoms with Gasteiger partial charge in [0.2, 0.25) is 5.91 Å². The maximum Gasteiger partial charge on any atom is 0.223 e. The van der Waals surface area contributed by atoms with Gasteiger partial charge in [-0.25, -0.2) is 8.42 Å². The Bertz CT molecular complexity index is 714. The van der Waals surface area contributed by atoms with Crippen LogP contribution in [0.2, 0.25) is 0 Å². The summed E-state index contributed by atoms with van der Waals surface area (Å²) in [6, 6.07) is 4.63. The molecule has 0 bridgehead atoms. The molecule has 1 amide bonds. The first-order valence-corrected chi connectivity index (χ1v) is 10.5. The molecule has 1 aliphatic rings.